The van der Waals surface area contributed by atoms with E-state index in [-0.39, 0.29) is 0 Å². The van der Waals surface area contributed by atoms with E-state index in [1.165, 1.54) is 31.2 Å². The third-order valence-electron chi connectivity index (χ3n) is 3.81. The van der Waals surface area contributed by atoms with Gasteiger partial charge in [0, 0.05) is 6.04 Å². The quantitative estimate of drug-likeness (QED) is 0.774. The maximum Gasteiger partial charge on any atom is 0.133 e. The molecule has 106 valence electrons. The lowest BCUT2D eigenvalue weighted by atomic mass is 10.0. The molecule has 0 aliphatic heterocycles. The van der Waals surface area contributed by atoms with E-state index >= 15 is 0 Å². The highest BCUT2D eigenvalue weighted by Crippen LogP contribution is 2.35. The Morgan fingerprint density at radius 1 is 1.42 bits per heavy atom. The van der Waals surface area contributed by atoms with Gasteiger partial charge in [-0.15, -0.1) is 0 Å². The molecule has 1 aromatic rings. The monoisotopic (exact) mass is 325 g/mol. The fraction of sp³-hybridized carbons (Fsp3) is 0.625. The largest absolute Gasteiger partial charge is 0.496 e. The Balaban J connectivity index is 1.87. The van der Waals surface area contributed by atoms with Gasteiger partial charge in [0.2, 0.25) is 0 Å². The van der Waals surface area contributed by atoms with Crippen molar-refractivity contribution < 1.29 is 4.74 Å². The molecule has 0 saturated heterocycles. The van der Waals surface area contributed by atoms with Crippen molar-refractivity contribution in [1.29, 1.82) is 0 Å². The molecule has 1 aromatic carbocycles. The zero-order valence-electron chi connectivity index (χ0n) is 11.9. The van der Waals surface area contributed by atoms with Crippen molar-refractivity contribution in [3.63, 3.8) is 0 Å². The van der Waals surface area contributed by atoms with E-state index in [0.717, 1.165) is 29.1 Å². The molecule has 2 nitrogen and oxygen atoms in total. The van der Waals surface area contributed by atoms with Gasteiger partial charge in [-0.2, -0.15) is 0 Å². The SMILES string of the molecule is CCCNC(CCc1ccc(OC)c(Br)c1)C1CC1. The average molecular weight is 326 g/mol. The smallest absolute Gasteiger partial charge is 0.133 e. The molecule has 0 radical (unpaired) electrons. The normalized spacial score (nSPS) is 16.4. The first kappa shape index (κ1) is 14.9. The predicted molar refractivity (Wildman–Crippen MR) is 83.8 cm³/mol. The van der Waals surface area contributed by atoms with Gasteiger partial charge in [0.1, 0.15) is 5.75 Å². The molecule has 1 aliphatic rings. The molecule has 1 atom stereocenters. The van der Waals surface area contributed by atoms with Gasteiger partial charge in [0.15, 0.2) is 0 Å². The lowest BCUT2D eigenvalue weighted by molar-refractivity contribution is 0.411. The van der Waals surface area contributed by atoms with Crippen LogP contribution < -0.4 is 10.1 Å². The maximum absolute atomic E-state index is 5.27. The van der Waals surface area contributed by atoms with E-state index in [1.54, 1.807) is 7.11 Å². The molecule has 2 rings (SSSR count). The summed E-state index contributed by atoms with van der Waals surface area (Å²) < 4.78 is 6.32. The molecule has 0 aromatic heterocycles. The fourth-order valence-corrected chi connectivity index (χ4v) is 3.11. The maximum atomic E-state index is 5.27. The molecule has 3 heteroatoms. The van der Waals surface area contributed by atoms with Gasteiger partial charge in [-0.1, -0.05) is 13.0 Å². The Hall–Kier alpha value is -0.540. The van der Waals surface area contributed by atoms with Crippen molar-refractivity contribution in [2.24, 2.45) is 5.92 Å². The number of methoxy groups -OCH3 is 1. The zero-order valence-corrected chi connectivity index (χ0v) is 13.5. The van der Waals surface area contributed by atoms with Crippen LogP contribution in [0.4, 0.5) is 0 Å². The van der Waals surface area contributed by atoms with E-state index in [9.17, 15) is 0 Å². The average Bonchev–Trinajstić information content (AvgIpc) is 3.23. The van der Waals surface area contributed by atoms with Crippen LogP contribution in [0.5, 0.6) is 5.75 Å². The highest BCUT2D eigenvalue weighted by atomic mass is 79.9. The summed E-state index contributed by atoms with van der Waals surface area (Å²) >= 11 is 3.56. The van der Waals surface area contributed by atoms with Gasteiger partial charge in [-0.05, 0) is 78.2 Å². The number of nitrogens with one attached hydrogen (secondary N) is 1. The summed E-state index contributed by atoms with van der Waals surface area (Å²) in [6.07, 6.45) is 6.42. The Morgan fingerprint density at radius 2 is 2.21 bits per heavy atom. The van der Waals surface area contributed by atoms with E-state index in [2.05, 4.69) is 40.3 Å². The summed E-state index contributed by atoms with van der Waals surface area (Å²) in [6.45, 7) is 3.38. The first-order chi connectivity index (χ1) is 9.24. The Morgan fingerprint density at radius 3 is 2.79 bits per heavy atom. The minimum atomic E-state index is 0.709. The molecule has 0 spiro atoms. The van der Waals surface area contributed by atoms with Gasteiger partial charge in [0.25, 0.3) is 0 Å². The van der Waals surface area contributed by atoms with Gasteiger partial charge >= 0.3 is 0 Å². The van der Waals surface area contributed by atoms with Crippen LogP contribution in [-0.2, 0) is 6.42 Å². The molecule has 0 bridgehead atoms. The first-order valence-corrected chi connectivity index (χ1v) is 8.09. The summed E-state index contributed by atoms with van der Waals surface area (Å²) in [5.74, 6) is 1.83. The topological polar surface area (TPSA) is 21.3 Å². The molecule has 0 heterocycles. The molecule has 1 fully saturated rings. The summed E-state index contributed by atoms with van der Waals surface area (Å²) in [7, 11) is 1.71. The van der Waals surface area contributed by atoms with Crippen LogP contribution in [-0.4, -0.2) is 19.7 Å². The Kier molecular flexibility index (Phi) is 5.71. The Bertz CT molecular complexity index is 404. The molecule has 1 aliphatic carbocycles. The van der Waals surface area contributed by atoms with Crippen molar-refractivity contribution in [2.75, 3.05) is 13.7 Å². The number of rotatable bonds is 8. The number of aryl methyl sites for hydroxylation is 1. The van der Waals surface area contributed by atoms with Crippen molar-refractivity contribution in [1.82, 2.24) is 5.32 Å². The summed E-state index contributed by atoms with van der Waals surface area (Å²) in [5.41, 5.74) is 1.39. The van der Waals surface area contributed by atoms with Crippen LogP contribution in [0.25, 0.3) is 0 Å². The van der Waals surface area contributed by atoms with E-state index in [0.29, 0.717) is 6.04 Å². The second kappa shape index (κ2) is 7.30. The molecular formula is C16H24BrNO. The van der Waals surface area contributed by atoms with Gasteiger partial charge in [-0.25, -0.2) is 0 Å². The fourth-order valence-electron chi connectivity index (χ4n) is 2.52. The zero-order chi connectivity index (χ0) is 13.7. The third-order valence-corrected chi connectivity index (χ3v) is 4.43. The minimum absolute atomic E-state index is 0.709. The molecule has 19 heavy (non-hydrogen) atoms. The molecule has 1 N–H and O–H groups in total. The lowest BCUT2D eigenvalue weighted by Gasteiger charge is -2.18. The number of benzene rings is 1. The van der Waals surface area contributed by atoms with Crippen LogP contribution in [0.1, 0.15) is 38.2 Å². The second-order valence-electron chi connectivity index (χ2n) is 5.41. The highest BCUT2D eigenvalue weighted by molar-refractivity contribution is 9.10. The van der Waals surface area contributed by atoms with E-state index < -0.39 is 0 Å². The standard InChI is InChI=1S/C16H24BrNO/c1-3-10-18-15(13-6-7-13)8-4-12-5-9-16(19-2)14(17)11-12/h5,9,11,13,15,18H,3-4,6-8,10H2,1-2H3. The van der Waals surface area contributed by atoms with Gasteiger partial charge < -0.3 is 10.1 Å². The lowest BCUT2D eigenvalue weighted by Crippen LogP contribution is -2.32. The van der Waals surface area contributed by atoms with Crippen molar-refractivity contribution in [3.8, 4) is 5.75 Å². The number of halogens is 1. The van der Waals surface area contributed by atoms with Gasteiger partial charge in [0.05, 0.1) is 11.6 Å². The Labute approximate surface area is 125 Å². The third kappa shape index (κ3) is 4.50. The van der Waals surface area contributed by atoms with Crippen LogP contribution >= 0.6 is 15.9 Å². The molecular weight excluding hydrogens is 302 g/mol. The number of hydrogen-bond donors (Lipinski definition) is 1. The summed E-state index contributed by atoms with van der Waals surface area (Å²) in [6, 6.07) is 7.11. The number of hydrogen-bond acceptors (Lipinski definition) is 2. The van der Waals surface area contributed by atoms with Crippen molar-refractivity contribution >= 4 is 15.9 Å². The van der Waals surface area contributed by atoms with Crippen LogP contribution in [0.2, 0.25) is 0 Å². The van der Waals surface area contributed by atoms with E-state index in [1.807, 2.05) is 6.07 Å². The minimum Gasteiger partial charge on any atom is -0.496 e. The van der Waals surface area contributed by atoms with Gasteiger partial charge in [-0.3, -0.25) is 0 Å². The molecule has 1 unspecified atom stereocenters. The second-order valence-corrected chi connectivity index (χ2v) is 6.26. The summed E-state index contributed by atoms with van der Waals surface area (Å²) in [4.78, 5) is 0. The highest BCUT2D eigenvalue weighted by Gasteiger charge is 2.30. The van der Waals surface area contributed by atoms with Crippen LogP contribution in [0.3, 0.4) is 0 Å². The summed E-state index contributed by atoms with van der Waals surface area (Å²) in [5, 5.41) is 3.70. The van der Waals surface area contributed by atoms with E-state index in [4.69, 9.17) is 4.74 Å². The first-order valence-electron chi connectivity index (χ1n) is 7.30. The van der Waals surface area contributed by atoms with Crippen molar-refractivity contribution in [2.45, 2.75) is 45.1 Å². The molecule has 0 amide bonds. The van der Waals surface area contributed by atoms with Crippen molar-refractivity contribution in [3.05, 3.63) is 28.2 Å². The molecule has 1 saturated carbocycles. The number of ether oxygens (including phenoxy) is 1. The van der Waals surface area contributed by atoms with Crippen LogP contribution in [0, 0.1) is 5.92 Å². The van der Waals surface area contributed by atoms with Crippen LogP contribution in [0.15, 0.2) is 22.7 Å². The predicted octanol–water partition coefficient (Wildman–Crippen LogP) is 4.17.